The van der Waals surface area contributed by atoms with Crippen LogP contribution in [-0.4, -0.2) is 17.3 Å². The lowest BCUT2D eigenvalue weighted by molar-refractivity contribution is 0.379. The number of hydrogen-bond acceptors (Lipinski definition) is 3. The second-order valence-corrected chi connectivity index (χ2v) is 6.37. The molecule has 1 aromatic heterocycles. The van der Waals surface area contributed by atoms with E-state index in [0.29, 0.717) is 5.25 Å². The normalized spacial score (nSPS) is 14.1. The first-order valence-electron chi connectivity index (χ1n) is 5.90. The van der Waals surface area contributed by atoms with E-state index in [1.54, 1.807) is 6.26 Å². The zero-order valence-corrected chi connectivity index (χ0v) is 11.8. The largest absolute Gasteiger partial charge is 0.468 e. The fraction of sp³-hybridized carbons (Fsp3) is 0.692. The molecule has 16 heavy (non-hydrogen) atoms. The summed E-state index contributed by atoms with van der Waals surface area (Å²) in [6, 6.07) is 2.04. The molecule has 0 spiro atoms. The summed E-state index contributed by atoms with van der Waals surface area (Å²) in [7, 11) is 0. The molecule has 0 aromatic carbocycles. The van der Waals surface area contributed by atoms with Crippen molar-refractivity contribution < 1.29 is 4.42 Å². The maximum Gasteiger partial charge on any atom is 0.114 e. The van der Waals surface area contributed by atoms with Gasteiger partial charge in [0, 0.05) is 22.2 Å². The first-order chi connectivity index (χ1) is 7.44. The number of thioether (sulfide) groups is 1. The smallest absolute Gasteiger partial charge is 0.114 e. The van der Waals surface area contributed by atoms with E-state index in [1.165, 1.54) is 4.90 Å². The average molecular weight is 241 g/mol. The second kappa shape index (κ2) is 5.78. The molecule has 0 amide bonds. The Morgan fingerprint density at radius 3 is 2.69 bits per heavy atom. The van der Waals surface area contributed by atoms with Crippen molar-refractivity contribution in [3.63, 3.8) is 0 Å². The van der Waals surface area contributed by atoms with E-state index in [1.807, 2.05) is 24.8 Å². The van der Waals surface area contributed by atoms with Crippen molar-refractivity contribution in [3.05, 3.63) is 18.1 Å². The van der Waals surface area contributed by atoms with Gasteiger partial charge >= 0.3 is 0 Å². The van der Waals surface area contributed by atoms with E-state index in [9.17, 15) is 0 Å². The van der Waals surface area contributed by atoms with E-state index >= 15 is 0 Å². The summed E-state index contributed by atoms with van der Waals surface area (Å²) in [4.78, 5) is 1.25. The molecule has 2 nitrogen and oxygen atoms in total. The van der Waals surface area contributed by atoms with E-state index in [4.69, 9.17) is 4.42 Å². The lowest BCUT2D eigenvalue weighted by atomic mass is 10.0. The molecule has 0 aliphatic heterocycles. The Hall–Kier alpha value is -0.410. The predicted octanol–water partition coefficient (Wildman–Crippen LogP) is 3.85. The van der Waals surface area contributed by atoms with Crippen LogP contribution >= 0.6 is 11.8 Å². The Balaban J connectivity index is 2.37. The zero-order chi connectivity index (χ0) is 12.2. The van der Waals surface area contributed by atoms with E-state index in [-0.39, 0.29) is 5.54 Å². The van der Waals surface area contributed by atoms with Crippen LogP contribution in [0.1, 0.15) is 39.9 Å². The molecule has 1 unspecified atom stereocenters. The summed E-state index contributed by atoms with van der Waals surface area (Å²) in [5, 5.41) is 4.15. The molecule has 1 atom stereocenters. The highest BCUT2D eigenvalue weighted by Crippen LogP contribution is 2.27. The van der Waals surface area contributed by atoms with Gasteiger partial charge in [-0.25, -0.2) is 0 Å². The van der Waals surface area contributed by atoms with Gasteiger partial charge in [-0.2, -0.15) is 0 Å². The van der Waals surface area contributed by atoms with Crippen molar-refractivity contribution in [1.29, 1.82) is 0 Å². The van der Waals surface area contributed by atoms with Crippen molar-refractivity contribution in [2.75, 3.05) is 6.54 Å². The van der Waals surface area contributed by atoms with Crippen LogP contribution in [0.25, 0.3) is 0 Å². The highest BCUT2D eigenvalue weighted by atomic mass is 32.2. The monoisotopic (exact) mass is 241 g/mol. The van der Waals surface area contributed by atoms with E-state index < -0.39 is 0 Å². The second-order valence-electron chi connectivity index (χ2n) is 4.89. The topological polar surface area (TPSA) is 25.2 Å². The van der Waals surface area contributed by atoms with E-state index in [2.05, 4.69) is 33.0 Å². The summed E-state index contributed by atoms with van der Waals surface area (Å²) in [5.41, 5.74) is 0.236. The minimum Gasteiger partial charge on any atom is -0.468 e. The fourth-order valence-corrected chi connectivity index (χ4v) is 2.25. The molecule has 1 heterocycles. The van der Waals surface area contributed by atoms with E-state index in [0.717, 1.165) is 18.7 Å². The molecule has 0 saturated carbocycles. The van der Waals surface area contributed by atoms with Crippen LogP contribution in [0.2, 0.25) is 0 Å². The minimum absolute atomic E-state index is 0.236. The predicted molar refractivity (Wildman–Crippen MR) is 71.1 cm³/mol. The Bertz CT molecular complexity index is 319. The Labute approximate surface area is 103 Å². The Kier molecular flexibility index (Phi) is 4.93. The molecule has 1 aromatic rings. The number of hydrogen-bond donors (Lipinski definition) is 1. The minimum atomic E-state index is 0.236. The van der Waals surface area contributed by atoms with Crippen LogP contribution in [-0.2, 0) is 0 Å². The summed E-state index contributed by atoms with van der Waals surface area (Å²) in [6.07, 6.45) is 2.91. The third-order valence-corrected chi connectivity index (χ3v) is 4.14. The molecule has 0 radical (unpaired) electrons. The van der Waals surface area contributed by atoms with Crippen molar-refractivity contribution >= 4 is 11.8 Å². The number of nitrogens with one attached hydrogen (secondary N) is 1. The first-order valence-corrected chi connectivity index (χ1v) is 6.78. The van der Waals surface area contributed by atoms with Gasteiger partial charge in [0.25, 0.3) is 0 Å². The molecule has 0 saturated heterocycles. The van der Waals surface area contributed by atoms with Crippen LogP contribution < -0.4 is 5.32 Å². The van der Waals surface area contributed by atoms with Gasteiger partial charge in [0.05, 0.1) is 6.26 Å². The van der Waals surface area contributed by atoms with Gasteiger partial charge in [0.15, 0.2) is 0 Å². The highest BCUT2D eigenvalue weighted by Gasteiger charge is 2.16. The van der Waals surface area contributed by atoms with Crippen molar-refractivity contribution in [3.8, 4) is 0 Å². The van der Waals surface area contributed by atoms with Crippen LogP contribution in [0, 0.1) is 6.92 Å². The van der Waals surface area contributed by atoms with Gasteiger partial charge in [-0.1, -0.05) is 13.8 Å². The van der Waals surface area contributed by atoms with Crippen molar-refractivity contribution in [1.82, 2.24) is 5.32 Å². The molecular weight excluding hydrogens is 218 g/mol. The third-order valence-electron chi connectivity index (χ3n) is 2.89. The summed E-state index contributed by atoms with van der Waals surface area (Å²) >= 11 is 1.87. The Morgan fingerprint density at radius 1 is 1.50 bits per heavy atom. The molecular formula is C13H23NOS. The van der Waals surface area contributed by atoms with Gasteiger partial charge < -0.3 is 9.73 Å². The maximum absolute atomic E-state index is 5.29. The quantitative estimate of drug-likeness (QED) is 0.766. The van der Waals surface area contributed by atoms with Crippen LogP contribution in [0.3, 0.4) is 0 Å². The molecule has 0 fully saturated rings. The van der Waals surface area contributed by atoms with Gasteiger partial charge in [-0.05, 0) is 33.3 Å². The van der Waals surface area contributed by atoms with Crippen molar-refractivity contribution in [2.24, 2.45) is 0 Å². The van der Waals surface area contributed by atoms with Gasteiger partial charge in [-0.3, -0.25) is 0 Å². The number of furan rings is 1. The maximum atomic E-state index is 5.29. The van der Waals surface area contributed by atoms with Crippen molar-refractivity contribution in [2.45, 2.75) is 56.7 Å². The first kappa shape index (κ1) is 13.7. The van der Waals surface area contributed by atoms with Gasteiger partial charge in [0.2, 0.25) is 0 Å². The van der Waals surface area contributed by atoms with Gasteiger partial charge in [0.1, 0.15) is 5.76 Å². The average Bonchev–Trinajstić information content (AvgIpc) is 2.62. The summed E-state index contributed by atoms with van der Waals surface area (Å²) in [6.45, 7) is 12.0. The molecule has 3 heteroatoms. The molecule has 0 aliphatic rings. The summed E-state index contributed by atoms with van der Waals surface area (Å²) < 4.78 is 5.29. The summed E-state index contributed by atoms with van der Waals surface area (Å²) in [5.74, 6) is 1.02. The lowest BCUT2D eigenvalue weighted by Gasteiger charge is -2.26. The molecule has 1 rings (SSSR count). The molecule has 0 aliphatic carbocycles. The van der Waals surface area contributed by atoms with Crippen LogP contribution in [0.15, 0.2) is 21.6 Å². The number of rotatable bonds is 6. The molecule has 92 valence electrons. The number of aryl methyl sites for hydroxylation is 1. The van der Waals surface area contributed by atoms with Crippen LogP contribution in [0.5, 0.6) is 0 Å². The SMILES string of the molecule is CCC(C)(C)NCC(C)Sc1ccoc1C. The standard InChI is InChI=1S/C13H23NOS/c1-6-13(4,5)14-9-10(2)16-12-7-8-15-11(12)3/h7-8,10,14H,6,9H2,1-5H3. The lowest BCUT2D eigenvalue weighted by Crippen LogP contribution is -2.41. The zero-order valence-electron chi connectivity index (χ0n) is 11.0. The fourth-order valence-electron chi connectivity index (χ4n) is 1.30. The molecule has 0 bridgehead atoms. The third kappa shape index (κ3) is 4.22. The molecule has 1 N–H and O–H groups in total. The van der Waals surface area contributed by atoms with Crippen LogP contribution in [0.4, 0.5) is 0 Å². The highest BCUT2D eigenvalue weighted by molar-refractivity contribution is 8.00. The Morgan fingerprint density at radius 2 is 2.19 bits per heavy atom. The van der Waals surface area contributed by atoms with Gasteiger partial charge in [-0.15, -0.1) is 11.8 Å².